The molecule has 1 aliphatic rings. The minimum atomic E-state index is -1.37. The van der Waals surface area contributed by atoms with Crippen LogP contribution in [-0.4, -0.2) is 44.3 Å². The molecule has 7 heteroatoms. The lowest BCUT2D eigenvalue weighted by Crippen LogP contribution is -2.51. The predicted octanol–water partition coefficient (Wildman–Crippen LogP) is 2.74. The third-order valence-electron chi connectivity index (χ3n) is 5.20. The largest absolute Gasteiger partial charge is 0.480 e. The Hall–Kier alpha value is -2.70. The Bertz CT molecular complexity index is 881. The van der Waals surface area contributed by atoms with Crippen molar-refractivity contribution in [2.24, 2.45) is 0 Å². The van der Waals surface area contributed by atoms with Gasteiger partial charge in [-0.2, -0.15) is 5.10 Å². The average Bonchev–Trinajstić information content (AvgIpc) is 3.16. The molecule has 1 heterocycles. The van der Waals surface area contributed by atoms with Gasteiger partial charge in [0.1, 0.15) is 17.0 Å². The van der Waals surface area contributed by atoms with Crippen LogP contribution in [0.3, 0.4) is 0 Å². The molecule has 0 bridgehead atoms. The van der Waals surface area contributed by atoms with Gasteiger partial charge in [-0.25, -0.2) is 13.9 Å². The highest BCUT2D eigenvalue weighted by atomic mass is 19.1. The number of hydrogen-bond acceptors (Lipinski definition) is 3. The zero-order valence-corrected chi connectivity index (χ0v) is 15.3. The lowest BCUT2D eigenvalue weighted by Gasteiger charge is -2.31. The Morgan fingerprint density at radius 1 is 1.31 bits per heavy atom. The van der Waals surface area contributed by atoms with E-state index in [4.69, 9.17) is 0 Å². The van der Waals surface area contributed by atoms with E-state index < -0.39 is 23.2 Å². The van der Waals surface area contributed by atoms with Crippen LogP contribution in [0.5, 0.6) is 0 Å². The van der Waals surface area contributed by atoms with Crippen LogP contribution < -0.4 is 0 Å². The van der Waals surface area contributed by atoms with E-state index in [9.17, 15) is 19.1 Å². The lowest BCUT2D eigenvalue weighted by atomic mass is 10.0. The van der Waals surface area contributed by atoms with E-state index in [-0.39, 0.29) is 5.69 Å². The Balaban J connectivity index is 2.12. The van der Waals surface area contributed by atoms with Gasteiger partial charge in [-0.15, -0.1) is 0 Å². The zero-order valence-electron chi connectivity index (χ0n) is 15.3. The molecule has 138 valence electrons. The van der Waals surface area contributed by atoms with Crippen LogP contribution in [0.1, 0.15) is 47.6 Å². The number of carbonyl (C=O) groups is 2. The number of benzene rings is 1. The Kier molecular flexibility index (Phi) is 4.34. The number of hydrogen-bond donors (Lipinski definition) is 1. The number of aryl methyl sites for hydroxylation is 1. The van der Waals surface area contributed by atoms with Crippen LogP contribution in [-0.2, 0) is 17.6 Å². The van der Waals surface area contributed by atoms with Gasteiger partial charge in [-0.1, -0.05) is 12.1 Å². The summed E-state index contributed by atoms with van der Waals surface area (Å²) in [5, 5.41) is 13.8. The molecule has 1 aliphatic carbocycles. The molecule has 1 amide bonds. The number of para-hydroxylation sites is 1. The third kappa shape index (κ3) is 2.67. The fraction of sp³-hybridized carbons (Fsp3) is 0.421. The fourth-order valence-corrected chi connectivity index (χ4v) is 3.24. The summed E-state index contributed by atoms with van der Waals surface area (Å²) in [5.74, 6) is -1.97. The first-order chi connectivity index (χ1) is 12.2. The molecular weight excluding hydrogens is 337 g/mol. The molecule has 1 aromatic heterocycles. The van der Waals surface area contributed by atoms with Gasteiger partial charge in [0, 0.05) is 18.3 Å². The standard InChI is InChI=1S/C19H22FN3O3/c1-11-7-5-9-13(20)16(11)23-14-10-6-8-12(14)15(21-23)17(24)22(4)19(2,3)18(25)26/h5,7,9H,6,8,10H2,1-4H3,(H,25,26). The number of halogens is 1. The highest BCUT2D eigenvalue weighted by molar-refractivity contribution is 5.97. The van der Waals surface area contributed by atoms with Crippen LogP contribution in [0.4, 0.5) is 4.39 Å². The van der Waals surface area contributed by atoms with Crippen LogP contribution >= 0.6 is 0 Å². The molecule has 0 saturated heterocycles. The summed E-state index contributed by atoms with van der Waals surface area (Å²) in [7, 11) is 1.45. The van der Waals surface area contributed by atoms with Crippen molar-refractivity contribution in [2.75, 3.05) is 7.05 Å². The average molecular weight is 359 g/mol. The quantitative estimate of drug-likeness (QED) is 0.911. The van der Waals surface area contributed by atoms with Crippen LogP contribution in [0.25, 0.3) is 5.69 Å². The van der Waals surface area contributed by atoms with E-state index in [2.05, 4.69) is 5.10 Å². The molecule has 2 aromatic rings. The normalized spacial score (nSPS) is 13.6. The molecule has 0 radical (unpaired) electrons. The molecule has 0 atom stereocenters. The maximum Gasteiger partial charge on any atom is 0.329 e. The van der Waals surface area contributed by atoms with Crippen molar-refractivity contribution in [3.05, 3.63) is 46.5 Å². The monoisotopic (exact) mass is 359 g/mol. The first-order valence-corrected chi connectivity index (χ1v) is 8.54. The minimum absolute atomic E-state index is 0.206. The van der Waals surface area contributed by atoms with Crippen molar-refractivity contribution in [1.82, 2.24) is 14.7 Å². The predicted molar refractivity (Wildman–Crippen MR) is 94.1 cm³/mol. The number of rotatable bonds is 4. The molecule has 1 aromatic carbocycles. The number of likely N-dealkylation sites (N-methyl/N-ethyl adjacent to an activating group) is 1. The third-order valence-corrected chi connectivity index (χ3v) is 5.20. The van der Waals surface area contributed by atoms with Crippen molar-refractivity contribution in [2.45, 2.75) is 45.6 Å². The Morgan fingerprint density at radius 2 is 2.00 bits per heavy atom. The second-order valence-electron chi connectivity index (χ2n) is 7.17. The van der Waals surface area contributed by atoms with E-state index in [1.54, 1.807) is 19.1 Å². The molecule has 26 heavy (non-hydrogen) atoms. The SMILES string of the molecule is Cc1cccc(F)c1-n1nc(C(=O)N(C)C(C)(C)C(=O)O)c2c1CCC2. The van der Waals surface area contributed by atoms with Gasteiger partial charge >= 0.3 is 5.97 Å². The van der Waals surface area contributed by atoms with Gasteiger partial charge in [0.2, 0.25) is 0 Å². The van der Waals surface area contributed by atoms with Gasteiger partial charge in [-0.05, 0) is 51.7 Å². The molecular formula is C19H22FN3O3. The first-order valence-electron chi connectivity index (χ1n) is 8.54. The molecule has 0 saturated carbocycles. The number of carbonyl (C=O) groups excluding carboxylic acids is 1. The number of carboxylic acid groups (broad SMARTS) is 1. The molecule has 0 unspecified atom stereocenters. The molecule has 0 spiro atoms. The minimum Gasteiger partial charge on any atom is -0.480 e. The van der Waals surface area contributed by atoms with Gasteiger partial charge in [0.15, 0.2) is 5.69 Å². The number of amides is 1. The van der Waals surface area contributed by atoms with E-state index >= 15 is 0 Å². The molecule has 0 aliphatic heterocycles. The lowest BCUT2D eigenvalue weighted by molar-refractivity contribution is -0.147. The highest BCUT2D eigenvalue weighted by Crippen LogP contribution is 2.31. The Morgan fingerprint density at radius 3 is 2.62 bits per heavy atom. The number of nitrogens with zero attached hydrogens (tertiary/aromatic N) is 3. The van der Waals surface area contributed by atoms with E-state index in [0.29, 0.717) is 18.5 Å². The van der Waals surface area contributed by atoms with Crippen LogP contribution in [0, 0.1) is 12.7 Å². The van der Waals surface area contributed by atoms with Crippen LogP contribution in [0.15, 0.2) is 18.2 Å². The van der Waals surface area contributed by atoms with Gasteiger partial charge < -0.3 is 10.0 Å². The van der Waals surface area contributed by atoms with Crippen molar-refractivity contribution in [3.63, 3.8) is 0 Å². The summed E-state index contributed by atoms with van der Waals surface area (Å²) in [6.07, 6.45) is 2.23. The fourth-order valence-electron chi connectivity index (χ4n) is 3.24. The Labute approximate surface area is 151 Å². The topological polar surface area (TPSA) is 75.4 Å². The van der Waals surface area contributed by atoms with Gasteiger partial charge in [0.25, 0.3) is 5.91 Å². The molecule has 6 nitrogen and oxygen atoms in total. The maximum atomic E-state index is 14.4. The maximum absolute atomic E-state index is 14.4. The van der Waals surface area contributed by atoms with Crippen molar-refractivity contribution in [1.29, 1.82) is 0 Å². The van der Waals surface area contributed by atoms with E-state index in [1.807, 2.05) is 0 Å². The first kappa shape index (κ1) is 18.1. The summed E-state index contributed by atoms with van der Waals surface area (Å²) in [6.45, 7) is 4.72. The van der Waals surface area contributed by atoms with Crippen molar-refractivity contribution >= 4 is 11.9 Å². The summed E-state index contributed by atoms with van der Waals surface area (Å²) >= 11 is 0. The summed E-state index contributed by atoms with van der Waals surface area (Å²) < 4.78 is 16.0. The number of fused-ring (bicyclic) bond motifs is 1. The molecule has 3 rings (SSSR count). The summed E-state index contributed by atoms with van der Waals surface area (Å²) in [6, 6.07) is 4.79. The van der Waals surface area contributed by atoms with Gasteiger partial charge in [-0.3, -0.25) is 4.79 Å². The number of aromatic nitrogens is 2. The van der Waals surface area contributed by atoms with Gasteiger partial charge in [0.05, 0.1) is 0 Å². The van der Waals surface area contributed by atoms with E-state index in [1.165, 1.54) is 36.5 Å². The zero-order chi connectivity index (χ0) is 19.2. The van der Waals surface area contributed by atoms with E-state index in [0.717, 1.165) is 23.2 Å². The number of aliphatic carboxylic acids is 1. The summed E-state index contributed by atoms with van der Waals surface area (Å²) in [5.41, 5.74) is 1.50. The van der Waals surface area contributed by atoms with Crippen molar-refractivity contribution in [3.8, 4) is 5.69 Å². The highest BCUT2D eigenvalue weighted by Gasteiger charge is 2.38. The molecule has 1 N–H and O–H groups in total. The smallest absolute Gasteiger partial charge is 0.329 e. The summed E-state index contributed by atoms with van der Waals surface area (Å²) in [4.78, 5) is 25.6. The second kappa shape index (κ2) is 6.23. The van der Waals surface area contributed by atoms with Crippen molar-refractivity contribution < 1.29 is 19.1 Å². The second-order valence-corrected chi connectivity index (χ2v) is 7.17. The number of carboxylic acids is 1. The molecule has 0 fully saturated rings. The van der Waals surface area contributed by atoms with Crippen LogP contribution in [0.2, 0.25) is 0 Å².